The van der Waals surface area contributed by atoms with E-state index >= 15 is 0 Å². The number of carbonyl (C=O) groups is 2. The number of nitrogens with one attached hydrogen (secondary N) is 1. The van der Waals surface area contributed by atoms with Gasteiger partial charge in [-0.2, -0.15) is 0 Å². The highest BCUT2D eigenvalue weighted by atomic mass is 35.5. The monoisotopic (exact) mass is 434 g/mol. The van der Waals surface area contributed by atoms with Crippen molar-refractivity contribution in [2.75, 3.05) is 19.3 Å². The van der Waals surface area contributed by atoms with Gasteiger partial charge in [0, 0.05) is 25.0 Å². The highest BCUT2D eigenvalue weighted by Crippen LogP contribution is 2.37. The Labute approximate surface area is 175 Å². The van der Waals surface area contributed by atoms with Crippen LogP contribution in [-0.4, -0.2) is 44.5 Å². The lowest BCUT2D eigenvalue weighted by atomic mass is 9.93. The van der Waals surface area contributed by atoms with Gasteiger partial charge >= 0.3 is 0 Å². The third-order valence-electron chi connectivity index (χ3n) is 5.10. The van der Waals surface area contributed by atoms with Gasteiger partial charge in [-0.15, -0.1) is 0 Å². The predicted octanol–water partition coefficient (Wildman–Crippen LogP) is 2.84. The first-order valence-electron chi connectivity index (χ1n) is 9.36. The maximum Gasteiger partial charge on any atom is 0.226 e. The average Bonchev–Trinajstić information content (AvgIpc) is 3.00. The Balaban J connectivity index is 1.60. The Kier molecular flexibility index (Phi) is 6.59. The molecule has 2 unspecified atom stereocenters. The summed E-state index contributed by atoms with van der Waals surface area (Å²) < 4.78 is 24.6. The first-order valence-corrected chi connectivity index (χ1v) is 11.4. The summed E-state index contributed by atoms with van der Waals surface area (Å²) in [6.45, 7) is 0.224. The van der Waals surface area contributed by atoms with Crippen molar-refractivity contribution in [3.63, 3.8) is 0 Å². The largest absolute Gasteiger partial charge is 0.356 e. The number of hydrogen-bond donors (Lipinski definition) is 1. The SMILES string of the molecule is CN1C(=O)CC(C(=O)NCCCS(=O)(=O)c2ccccc2)C1c1cccc(Cl)c1. The third kappa shape index (κ3) is 4.97. The predicted molar refractivity (Wildman–Crippen MR) is 111 cm³/mol. The van der Waals surface area contributed by atoms with Gasteiger partial charge in [-0.05, 0) is 36.2 Å². The maximum absolute atomic E-state index is 12.7. The zero-order valence-corrected chi connectivity index (χ0v) is 17.6. The van der Waals surface area contributed by atoms with Crippen LogP contribution in [0.5, 0.6) is 0 Å². The van der Waals surface area contributed by atoms with Crippen molar-refractivity contribution in [1.82, 2.24) is 10.2 Å². The van der Waals surface area contributed by atoms with E-state index in [4.69, 9.17) is 11.6 Å². The lowest BCUT2D eigenvalue weighted by Crippen LogP contribution is -2.35. The second kappa shape index (κ2) is 8.97. The maximum atomic E-state index is 12.7. The Morgan fingerprint density at radius 3 is 2.59 bits per heavy atom. The van der Waals surface area contributed by atoms with Crippen LogP contribution in [0, 0.1) is 5.92 Å². The van der Waals surface area contributed by atoms with E-state index in [0.717, 1.165) is 5.56 Å². The number of nitrogens with zero attached hydrogens (tertiary/aromatic N) is 1. The summed E-state index contributed by atoms with van der Waals surface area (Å²) in [6.07, 6.45) is 0.406. The third-order valence-corrected chi connectivity index (χ3v) is 7.16. The number of amides is 2. The normalized spacial score (nSPS) is 19.4. The molecule has 29 heavy (non-hydrogen) atoms. The minimum Gasteiger partial charge on any atom is -0.356 e. The number of halogens is 1. The van der Waals surface area contributed by atoms with Gasteiger partial charge in [-0.25, -0.2) is 8.42 Å². The molecule has 0 bridgehead atoms. The second-order valence-corrected chi connectivity index (χ2v) is 9.64. The molecule has 1 N–H and O–H groups in total. The minimum absolute atomic E-state index is 0.0570. The van der Waals surface area contributed by atoms with E-state index in [-0.39, 0.29) is 35.4 Å². The molecule has 0 aromatic heterocycles. The van der Waals surface area contributed by atoms with Gasteiger partial charge in [0.15, 0.2) is 9.84 Å². The van der Waals surface area contributed by atoms with E-state index in [0.29, 0.717) is 11.4 Å². The standard InChI is InChI=1S/C21H23ClN2O4S/c1-24-19(25)14-18(20(24)15-7-5-8-16(22)13-15)21(26)23-11-6-12-29(27,28)17-9-3-2-4-10-17/h2-5,7-10,13,18,20H,6,11-12,14H2,1H3,(H,23,26). The molecule has 2 amide bonds. The van der Waals surface area contributed by atoms with Crippen LogP contribution >= 0.6 is 11.6 Å². The fourth-order valence-electron chi connectivity index (χ4n) is 3.60. The minimum atomic E-state index is -3.38. The Bertz CT molecular complexity index is 995. The zero-order chi connectivity index (χ0) is 21.0. The van der Waals surface area contributed by atoms with Crippen LogP contribution < -0.4 is 5.32 Å². The van der Waals surface area contributed by atoms with Crippen molar-refractivity contribution < 1.29 is 18.0 Å². The Morgan fingerprint density at radius 2 is 1.90 bits per heavy atom. The number of rotatable bonds is 7. The van der Waals surface area contributed by atoms with E-state index < -0.39 is 21.8 Å². The number of hydrogen-bond acceptors (Lipinski definition) is 4. The first kappa shape index (κ1) is 21.3. The molecule has 8 heteroatoms. The summed E-state index contributed by atoms with van der Waals surface area (Å²) in [5.41, 5.74) is 0.803. The smallest absolute Gasteiger partial charge is 0.226 e. The molecule has 1 fully saturated rings. The molecule has 0 aliphatic carbocycles. The van der Waals surface area contributed by atoms with Crippen molar-refractivity contribution in [3.05, 3.63) is 65.2 Å². The summed E-state index contributed by atoms with van der Waals surface area (Å²) in [5.74, 6) is -0.971. The van der Waals surface area contributed by atoms with E-state index in [2.05, 4.69) is 5.32 Å². The molecule has 3 rings (SSSR count). The second-order valence-electron chi connectivity index (χ2n) is 7.09. The molecule has 1 aliphatic heterocycles. The molecular weight excluding hydrogens is 412 g/mol. The molecule has 1 saturated heterocycles. The molecule has 1 aliphatic rings. The quantitative estimate of drug-likeness (QED) is 0.679. The molecule has 2 atom stereocenters. The van der Waals surface area contributed by atoms with Crippen molar-refractivity contribution in [2.24, 2.45) is 5.92 Å². The summed E-state index contributed by atoms with van der Waals surface area (Å²) in [5, 5.41) is 3.33. The summed E-state index contributed by atoms with van der Waals surface area (Å²) in [4.78, 5) is 26.8. The van der Waals surface area contributed by atoms with Gasteiger partial charge in [0.05, 0.1) is 22.6 Å². The fourth-order valence-corrected chi connectivity index (χ4v) is 5.13. The first-order chi connectivity index (χ1) is 13.8. The summed E-state index contributed by atoms with van der Waals surface area (Å²) in [6, 6.07) is 15.0. The number of likely N-dealkylation sites (tertiary alicyclic amines) is 1. The molecule has 0 saturated carbocycles. The molecule has 0 spiro atoms. The number of benzene rings is 2. The molecule has 2 aromatic rings. The van der Waals surface area contributed by atoms with Crippen LogP contribution in [0.2, 0.25) is 5.02 Å². The molecule has 6 nitrogen and oxygen atoms in total. The van der Waals surface area contributed by atoms with Crippen molar-refractivity contribution in [1.29, 1.82) is 0 Å². The van der Waals surface area contributed by atoms with Crippen LogP contribution in [0.15, 0.2) is 59.5 Å². The van der Waals surface area contributed by atoms with Gasteiger partial charge in [0.25, 0.3) is 0 Å². The van der Waals surface area contributed by atoms with Crippen LogP contribution in [0.3, 0.4) is 0 Å². The van der Waals surface area contributed by atoms with Crippen LogP contribution in [0.4, 0.5) is 0 Å². The van der Waals surface area contributed by atoms with E-state index in [1.165, 1.54) is 0 Å². The van der Waals surface area contributed by atoms with Crippen LogP contribution in [0.25, 0.3) is 0 Å². The highest BCUT2D eigenvalue weighted by Gasteiger charge is 2.42. The zero-order valence-electron chi connectivity index (χ0n) is 16.0. The molecule has 2 aromatic carbocycles. The van der Waals surface area contributed by atoms with Crippen LogP contribution in [0.1, 0.15) is 24.4 Å². The topological polar surface area (TPSA) is 83.6 Å². The van der Waals surface area contributed by atoms with Gasteiger partial charge in [-0.3, -0.25) is 9.59 Å². The molecular formula is C21H23ClN2O4S. The van der Waals surface area contributed by atoms with Gasteiger partial charge < -0.3 is 10.2 Å². The van der Waals surface area contributed by atoms with Crippen molar-refractivity contribution in [2.45, 2.75) is 23.8 Å². The molecule has 0 radical (unpaired) electrons. The average molecular weight is 435 g/mol. The highest BCUT2D eigenvalue weighted by molar-refractivity contribution is 7.91. The summed E-state index contributed by atoms with van der Waals surface area (Å²) >= 11 is 6.07. The lowest BCUT2D eigenvalue weighted by molar-refractivity contribution is -0.128. The van der Waals surface area contributed by atoms with E-state index in [9.17, 15) is 18.0 Å². The number of carbonyl (C=O) groups excluding carboxylic acids is 2. The van der Waals surface area contributed by atoms with Gasteiger partial charge in [-0.1, -0.05) is 41.9 Å². The molecule has 1 heterocycles. The van der Waals surface area contributed by atoms with Crippen LogP contribution in [-0.2, 0) is 19.4 Å². The lowest BCUT2D eigenvalue weighted by Gasteiger charge is -2.25. The van der Waals surface area contributed by atoms with Gasteiger partial charge in [0.2, 0.25) is 11.8 Å². The van der Waals surface area contributed by atoms with E-state index in [1.807, 2.05) is 6.07 Å². The van der Waals surface area contributed by atoms with Crippen molar-refractivity contribution in [3.8, 4) is 0 Å². The Morgan fingerprint density at radius 1 is 1.17 bits per heavy atom. The molecule has 154 valence electrons. The van der Waals surface area contributed by atoms with E-state index in [1.54, 1.807) is 60.5 Å². The number of sulfone groups is 1. The van der Waals surface area contributed by atoms with Gasteiger partial charge in [0.1, 0.15) is 0 Å². The van der Waals surface area contributed by atoms with Crippen molar-refractivity contribution >= 4 is 33.3 Å². The summed E-state index contributed by atoms with van der Waals surface area (Å²) in [7, 11) is -1.71. The Hall–Kier alpha value is -2.38. The fraction of sp³-hybridized carbons (Fsp3) is 0.333.